The molecule has 6 heteroatoms. The molecule has 30 heavy (non-hydrogen) atoms. The molecule has 0 aromatic heterocycles. The van der Waals surface area contributed by atoms with Gasteiger partial charge < -0.3 is 19.9 Å². The number of methoxy groups -OCH3 is 2. The molecule has 0 saturated heterocycles. The zero-order valence-corrected chi connectivity index (χ0v) is 16.8. The lowest BCUT2D eigenvalue weighted by Crippen LogP contribution is -2.30. The summed E-state index contributed by atoms with van der Waals surface area (Å²) in [6.07, 6.45) is 0.888. The third-order valence-electron chi connectivity index (χ3n) is 5.68. The molecule has 6 nitrogen and oxygen atoms in total. The van der Waals surface area contributed by atoms with Gasteiger partial charge in [0.25, 0.3) is 0 Å². The average Bonchev–Trinajstić information content (AvgIpc) is 2.78. The van der Waals surface area contributed by atoms with E-state index in [-0.39, 0.29) is 23.2 Å². The van der Waals surface area contributed by atoms with E-state index in [0.29, 0.717) is 41.2 Å². The van der Waals surface area contributed by atoms with Gasteiger partial charge in [-0.25, -0.2) is 0 Å². The number of rotatable bonds is 4. The zero-order chi connectivity index (χ0) is 21.3. The van der Waals surface area contributed by atoms with Crippen LogP contribution in [-0.4, -0.2) is 20.0 Å². The van der Waals surface area contributed by atoms with E-state index >= 15 is 0 Å². The van der Waals surface area contributed by atoms with E-state index in [1.807, 2.05) is 30.3 Å². The van der Waals surface area contributed by atoms with Gasteiger partial charge in [-0.05, 0) is 17.5 Å². The Kier molecular flexibility index (Phi) is 5.20. The van der Waals surface area contributed by atoms with E-state index in [9.17, 15) is 10.1 Å². The van der Waals surface area contributed by atoms with Crippen LogP contribution in [-0.2, 0) is 9.53 Å². The summed E-state index contributed by atoms with van der Waals surface area (Å²) in [7, 11) is 3.11. The summed E-state index contributed by atoms with van der Waals surface area (Å²) >= 11 is 0. The van der Waals surface area contributed by atoms with Gasteiger partial charge in [-0.2, -0.15) is 5.26 Å². The van der Waals surface area contributed by atoms with Gasteiger partial charge in [0.15, 0.2) is 5.78 Å². The Labute approximate surface area is 175 Å². The smallest absolute Gasteiger partial charge is 0.205 e. The van der Waals surface area contributed by atoms with Crippen molar-refractivity contribution in [2.75, 3.05) is 14.2 Å². The van der Waals surface area contributed by atoms with Gasteiger partial charge in [0.2, 0.25) is 5.88 Å². The Bertz CT molecular complexity index is 1100. The van der Waals surface area contributed by atoms with E-state index < -0.39 is 5.92 Å². The van der Waals surface area contributed by atoms with E-state index in [2.05, 4.69) is 6.07 Å². The van der Waals surface area contributed by atoms with Crippen LogP contribution in [0.3, 0.4) is 0 Å². The van der Waals surface area contributed by atoms with Crippen molar-refractivity contribution < 1.29 is 19.0 Å². The Balaban J connectivity index is 1.83. The molecule has 2 atom stereocenters. The van der Waals surface area contributed by atoms with Gasteiger partial charge in [-0.3, -0.25) is 4.79 Å². The molecular formula is C24H22N2O4. The van der Waals surface area contributed by atoms with E-state index in [0.717, 1.165) is 5.56 Å². The molecule has 1 aliphatic heterocycles. The summed E-state index contributed by atoms with van der Waals surface area (Å²) in [4.78, 5) is 13.3. The minimum absolute atomic E-state index is 0.00676. The molecule has 2 N–H and O–H groups in total. The van der Waals surface area contributed by atoms with Gasteiger partial charge in [-0.1, -0.05) is 36.4 Å². The van der Waals surface area contributed by atoms with Crippen LogP contribution < -0.4 is 15.2 Å². The monoisotopic (exact) mass is 402 g/mol. The Morgan fingerprint density at radius 3 is 2.53 bits per heavy atom. The number of benzene rings is 2. The molecule has 0 saturated carbocycles. The molecule has 0 radical (unpaired) electrons. The number of carbonyl (C=O) groups excluding carboxylic acids is 1. The van der Waals surface area contributed by atoms with Crippen molar-refractivity contribution in [1.82, 2.24) is 0 Å². The summed E-state index contributed by atoms with van der Waals surface area (Å²) in [5, 5.41) is 9.80. The molecule has 0 spiro atoms. The number of nitrogens with zero attached hydrogens (tertiary/aromatic N) is 1. The van der Waals surface area contributed by atoms with Gasteiger partial charge in [0.05, 0.1) is 20.1 Å². The number of hydrogen-bond donors (Lipinski definition) is 1. The summed E-state index contributed by atoms with van der Waals surface area (Å²) in [5.41, 5.74) is 8.58. The fourth-order valence-electron chi connectivity index (χ4n) is 4.24. The number of hydrogen-bond acceptors (Lipinski definition) is 6. The summed E-state index contributed by atoms with van der Waals surface area (Å²) in [6, 6.07) is 17.3. The third kappa shape index (κ3) is 3.29. The predicted molar refractivity (Wildman–Crippen MR) is 111 cm³/mol. The quantitative estimate of drug-likeness (QED) is 0.833. The van der Waals surface area contributed by atoms with Gasteiger partial charge in [0.1, 0.15) is 28.9 Å². The van der Waals surface area contributed by atoms with Crippen LogP contribution in [0.1, 0.15) is 35.8 Å². The van der Waals surface area contributed by atoms with Crippen molar-refractivity contribution >= 4 is 5.78 Å². The molecule has 152 valence electrons. The van der Waals surface area contributed by atoms with Crippen molar-refractivity contribution in [3.8, 4) is 17.6 Å². The minimum Gasteiger partial charge on any atom is -0.497 e. The first-order chi connectivity index (χ1) is 14.6. The molecule has 2 aromatic carbocycles. The second-order valence-corrected chi connectivity index (χ2v) is 7.31. The first kappa shape index (κ1) is 19.6. The Hall–Kier alpha value is -3.72. The van der Waals surface area contributed by atoms with Gasteiger partial charge >= 0.3 is 0 Å². The molecule has 2 aromatic rings. The first-order valence-electron chi connectivity index (χ1n) is 9.68. The number of nitriles is 1. The number of ether oxygens (including phenoxy) is 3. The van der Waals surface area contributed by atoms with Gasteiger partial charge in [-0.15, -0.1) is 0 Å². The van der Waals surface area contributed by atoms with Crippen molar-refractivity contribution in [3.05, 3.63) is 82.4 Å². The van der Waals surface area contributed by atoms with E-state index in [1.54, 1.807) is 32.4 Å². The third-order valence-corrected chi connectivity index (χ3v) is 5.68. The fraction of sp³-hybridized carbons (Fsp3) is 0.250. The molecule has 0 unspecified atom stereocenters. The number of nitrogens with two attached hydrogens (primary N) is 1. The normalized spacial score (nSPS) is 20.9. The maximum atomic E-state index is 13.3. The van der Waals surface area contributed by atoms with Crippen LogP contribution in [0.5, 0.6) is 11.5 Å². The Morgan fingerprint density at radius 2 is 1.87 bits per heavy atom. The van der Waals surface area contributed by atoms with Crippen molar-refractivity contribution in [2.45, 2.75) is 24.7 Å². The van der Waals surface area contributed by atoms with Crippen LogP contribution in [0.25, 0.3) is 0 Å². The highest BCUT2D eigenvalue weighted by molar-refractivity contribution is 6.00. The highest BCUT2D eigenvalue weighted by atomic mass is 16.5. The number of Topliss-reactive ketones (excluding diaryl/α,β-unsaturated/α-hetero) is 1. The first-order valence-corrected chi connectivity index (χ1v) is 9.68. The largest absolute Gasteiger partial charge is 0.497 e. The molecule has 1 heterocycles. The number of carbonyl (C=O) groups is 1. The number of ketones is 1. The summed E-state index contributed by atoms with van der Waals surface area (Å²) in [5.74, 6) is 1.02. The summed E-state index contributed by atoms with van der Waals surface area (Å²) in [6.45, 7) is 0. The lowest BCUT2D eigenvalue weighted by atomic mass is 9.73. The van der Waals surface area contributed by atoms with E-state index in [4.69, 9.17) is 19.9 Å². The molecule has 0 amide bonds. The molecular weight excluding hydrogens is 380 g/mol. The topological polar surface area (TPSA) is 94.6 Å². The average molecular weight is 402 g/mol. The van der Waals surface area contributed by atoms with Crippen molar-refractivity contribution in [1.29, 1.82) is 5.26 Å². The van der Waals surface area contributed by atoms with Crippen LogP contribution in [0, 0.1) is 11.3 Å². The second kappa shape index (κ2) is 7.96. The lowest BCUT2D eigenvalue weighted by Gasteiger charge is -2.34. The predicted octanol–water partition coefficient (Wildman–Crippen LogP) is 3.91. The lowest BCUT2D eigenvalue weighted by molar-refractivity contribution is -0.117. The maximum Gasteiger partial charge on any atom is 0.205 e. The van der Waals surface area contributed by atoms with Gasteiger partial charge in [0, 0.05) is 30.0 Å². The maximum absolute atomic E-state index is 13.3. The SMILES string of the molecule is COc1ccc([C@H]2C(C#N)=C(N)OC3=C2C(=O)C[C@H](c2ccccc2)C3)c(OC)c1. The van der Waals surface area contributed by atoms with Crippen LogP contribution in [0.15, 0.2) is 71.3 Å². The van der Waals surface area contributed by atoms with Crippen LogP contribution in [0.2, 0.25) is 0 Å². The molecule has 4 rings (SSSR count). The van der Waals surface area contributed by atoms with Crippen molar-refractivity contribution in [2.24, 2.45) is 5.73 Å². The van der Waals surface area contributed by atoms with E-state index in [1.165, 1.54) is 0 Å². The highest BCUT2D eigenvalue weighted by Crippen LogP contribution is 2.48. The zero-order valence-electron chi connectivity index (χ0n) is 16.8. The molecule has 0 fully saturated rings. The second-order valence-electron chi connectivity index (χ2n) is 7.31. The molecule has 0 bridgehead atoms. The van der Waals surface area contributed by atoms with Crippen molar-refractivity contribution in [3.63, 3.8) is 0 Å². The molecule has 2 aliphatic rings. The number of allylic oxidation sites excluding steroid dienone is 3. The van der Waals surface area contributed by atoms with Crippen LogP contribution in [0.4, 0.5) is 0 Å². The minimum atomic E-state index is -0.635. The van der Waals surface area contributed by atoms with Crippen LogP contribution >= 0.6 is 0 Å². The fourth-order valence-corrected chi connectivity index (χ4v) is 4.24. The summed E-state index contributed by atoms with van der Waals surface area (Å²) < 4.78 is 16.6. The standard InChI is InChI=1S/C24H22N2O4/c1-28-16-8-9-17(20(12-16)29-2)22-18(13-25)24(26)30-21-11-15(10-19(27)23(21)22)14-6-4-3-5-7-14/h3-9,12,15,22H,10-11,26H2,1-2H3/t15-,22-/m0/s1. The highest BCUT2D eigenvalue weighted by Gasteiger charge is 2.41. The molecule has 1 aliphatic carbocycles. The Morgan fingerprint density at radius 1 is 1.10 bits per heavy atom.